The average Bonchev–Trinajstić information content (AvgIpc) is 2.41. The number of hydrogen-bond donors (Lipinski definition) is 1. The van der Waals surface area contributed by atoms with Crippen LogP contribution in [0.25, 0.3) is 0 Å². The molecule has 2 N–H and O–H groups in total. The lowest BCUT2D eigenvalue weighted by atomic mass is 10.1. The molecule has 0 saturated carbocycles. The van der Waals surface area contributed by atoms with E-state index in [1.54, 1.807) is 6.20 Å². The highest BCUT2D eigenvalue weighted by Gasteiger charge is 2.04. The smallest absolute Gasteiger partial charge is 0.122 e. The van der Waals surface area contributed by atoms with Crippen molar-refractivity contribution in [3.8, 4) is 5.75 Å². The van der Waals surface area contributed by atoms with Gasteiger partial charge in [-0.3, -0.25) is 4.98 Å². The zero-order valence-corrected chi connectivity index (χ0v) is 11.5. The highest BCUT2D eigenvalue weighted by Crippen LogP contribution is 2.22. The van der Waals surface area contributed by atoms with Crippen molar-refractivity contribution in [3.05, 3.63) is 59.4 Å². The number of nitrogens with two attached hydrogens (primary N) is 1. The lowest BCUT2D eigenvalue weighted by Gasteiger charge is -2.12. The van der Waals surface area contributed by atoms with Crippen molar-refractivity contribution >= 4 is 0 Å². The van der Waals surface area contributed by atoms with Crippen LogP contribution < -0.4 is 10.5 Å². The fourth-order valence-electron chi connectivity index (χ4n) is 1.94. The van der Waals surface area contributed by atoms with Crippen LogP contribution in [0.1, 0.15) is 29.7 Å². The second-order valence-corrected chi connectivity index (χ2v) is 4.77. The standard InChI is InChI=1S/C16H20N2O/c1-12-10-15(13(2)17)5-6-16(12)19-9-7-14-4-3-8-18-11-14/h3-6,8,10-11,13H,7,9,17H2,1-2H3/t13-/m0/s1. The van der Waals surface area contributed by atoms with E-state index in [0.29, 0.717) is 6.61 Å². The minimum atomic E-state index is 0.0585. The summed E-state index contributed by atoms with van der Waals surface area (Å²) in [5.74, 6) is 0.924. The largest absolute Gasteiger partial charge is 0.493 e. The predicted molar refractivity (Wildman–Crippen MR) is 77.2 cm³/mol. The Morgan fingerprint density at radius 3 is 2.79 bits per heavy atom. The number of ether oxygens (including phenoxy) is 1. The topological polar surface area (TPSA) is 48.1 Å². The van der Waals surface area contributed by atoms with Crippen molar-refractivity contribution in [1.29, 1.82) is 0 Å². The van der Waals surface area contributed by atoms with E-state index in [1.165, 1.54) is 5.56 Å². The first-order valence-corrected chi connectivity index (χ1v) is 6.54. The summed E-state index contributed by atoms with van der Waals surface area (Å²) in [7, 11) is 0. The van der Waals surface area contributed by atoms with Crippen molar-refractivity contribution in [2.75, 3.05) is 6.61 Å². The molecule has 2 rings (SSSR count). The molecule has 3 nitrogen and oxygen atoms in total. The van der Waals surface area contributed by atoms with Crippen molar-refractivity contribution in [2.24, 2.45) is 5.73 Å². The van der Waals surface area contributed by atoms with Gasteiger partial charge in [0.1, 0.15) is 5.75 Å². The Morgan fingerprint density at radius 2 is 2.16 bits per heavy atom. The summed E-state index contributed by atoms with van der Waals surface area (Å²) >= 11 is 0. The van der Waals surface area contributed by atoms with E-state index in [1.807, 2.05) is 38.2 Å². The van der Waals surface area contributed by atoms with E-state index < -0.39 is 0 Å². The van der Waals surface area contributed by atoms with Crippen LogP contribution in [0.15, 0.2) is 42.7 Å². The molecule has 19 heavy (non-hydrogen) atoms. The number of aryl methyl sites for hydroxylation is 1. The second-order valence-electron chi connectivity index (χ2n) is 4.77. The van der Waals surface area contributed by atoms with Gasteiger partial charge in [-0.1, -0.05) is 18.2 Å². The van der Waals surface area contributed by atoms with Gasteiger partial charge in [0.05, 0.1) is 6.61 Å². The lowest BCUT2D eigenvalue weighted by molar-refractivity contribution is 0.319. The summed E-state index contributed by atoms with van der Waals surface area (Å²) in [5, 5.41) is 0. The van der Waals surface area contributed by atoms with E-state index >= 15 is 0 Å². The Hall–Kier alpha value is -1.87. The van der Waals surface area contributed by atoms with Crippen LogP contribution >= 0.6 is 0 Å². The number of rotatable bonds is 5. The summed E-state index contributed by atoms with van der Waals surface area (Å²) in [5.41, 5.74) is 9.31. The first-order valence-electron chi connectivity index (χ1n) is 6.54. The Balaban J connectivity index is 1.93. The van der Waals surface area contributed by atoms with Crippen LogP contribution in [0.4, 0.5) is 0 Å². The van der Waals surface area contributed by atoms with E-state index in [4.69, 9.17) is 10.5 Å². The van der Waals surface area contributed by atoms with Crippen molar-refractivity contribution in [2.45, 2.75) is 26.3 Å². The molecule has 2 aromatic rings. The molecule has 1 heterocycles. The molecule has 0 bridgehead atoms. The summed E-state index contributed by atoms with van der Waals surface area (Å²) in [4.78, 5) is 4.09. The fourth-order valence-corrected chi connectivity index (χ4v) is 1.94. The summed E-state index contributed by atoms with van der Waals surface area (Å²) in [6.07, 6.45) is 4.51. The van der Waals surface area contributed by atoms with Gasteiger partial charge in [0.15, 0.2) is 0 Å². The van der Waals surface area contributed by atoms with Gasteiger partial charge in [-0.15, -0.1) is 0 Å². The monoisotopic (exact) mass is 256 g/mol. The highest BCUT2D eigenvalue weighted by atomic mass is 16.5. The number of pyridine rings is 1. The second kappa shape index (κ2) is 6.34. The molecule has 1 atom stereocenters. The zero-order chi connectivity index (χ0) is 13.7. The zero-order valence-electron chi connectivity index (χ0n) is 11.5. The molecule has 0 aliphatic heterocycles. The first-order chi connectivity index (χ1) is 9.16. The molecule has 0 spiro atoms. The van der Waals surface area contributed by atoms with Gasteiger partial charge in [-0.2, -0.15) is 0 Å². The van der Waals surface area contributed by atoms with Crippen LogP contribution in [0.2, 0.25) is 0 Å². The van der Waals surface area contributed by atoms with Crippen molar-refractivity contribution in [3.63, 3.8) is 0 Å². The quantitative estimate of drug-likeness (QED) is 0.894. The number of benzene rings is 1. The number of hydrogen-bond acceptors (Lipinski definition) is 3. The number of nitrogens with zero attached hydrogens (tertiary/aromatic N) is 1. The average molecular weight is 256 g/mol. The molecular formula is C16H20N2O. The Kier molecular flexibility index (Phi) is 4.53. The van der Waals surface area contributed by atoms with Gasteiger partial charge in [0.25, 0.3) is 0 Å². The van der Waals surface area contributed by atoms with Crippen LogP contribution in [0.5, 0.6) is 5.75 Å². The maximum absolute atomic E-state index is 5.86. The molecule has 0 aliphatic carbocycles. The maximum atomic E-state index is 5.86. The van der Waals surface area contributed by atoms with Crippen LogP contribution in [0.3, 0.4) is 0 Å². The summed E-state index contributed by atoms with van der Waals surface area (Å²) in [6.45, 7) is 4.69. The fraction of sp³-hybridized carbons (Fsp3) is 0.312. The van der Waals surface area contributed by atoms with Gasteiger partial charge in [0.2, 0.25) is 0 Å². The number of aromatic nitrogens is 1. The molecule has 0 saturated heterocycles. The first kappa shape index (κ1) is 13.6. The van der Waals surface area contributed by atoms with Crippen molar-refractivity contribution in [1.82, 2.24) is 4.98 Å². The third kappa shape index (κ3) is 3.80. The van der Waals surface area contributed by atoms with Gasteiger partial charge in [0, 0.05) is 24.9 Å². The van der Waals surface area contributed by atoms with Gasteiger partial charge in [-0.05, 0) is 42.7 Å². The SMILES string of the molecule is Cc1cc([C@H](C)N)ccc1OCCc1cccnc1. The van der Waals surface area contributed by atoms with Crippen LogP contribution in [0, 0.1) is 6.92 Å². The Labute approximate surface area is 114 Å². The lowest BCUT2D eigenvalue weighted by Crippen LogP contribution is -2.06. The normalized spacial score (nSPS) is 12.2. The predicted octanol–water partition coefficient (Wildman–Crippen LogP) is 3.03. The molecule has 0 radical (unpaired) electrons. The molecule has 0 amide bonds. The third-order valence-corrected chi connectivity index (χ3v) is 3.10. The van der Waals surface area contributed by atoms with Gasteiger partial charge >= 0.3 is 0 Å². The molecule has 0 unspecified atom stereocenters. The van der Waals surface area contributed by atoms with E-state index in [2.05, 4.69) is 17.1 Å². The minimum Gasteiger partial charge on any atom is -0.493 e. The summed E-state index contributed by atoms with van der Waals surface area (Å²) in [6, 6.07) is 10.2. The van der Waals surface area contributed by atoms with Crippen LogP contribution in [-0.4, -0.2) is 11.6 Å². The Bertz CT molecular complexity index is 524. The molecule has 0 aliphatic rings. The molecule has 3 heteroatoms. The maximum Gasteiger partial charge on any atom is 0.122 e. The molecule has 0 fully saturated rings. The third-order valence-electron chi connectivity index (χ3n) is 3.10. The molecule has 1 aromatic carbocycles. The summed E-state index contributed by atoms with van der Waals surface area (Å²) < 4.78 is 5.81. The van der Waals surface area contributed by atoms with E-state index in [9.17, 15) is 0 Å². The van der Waals surface area contributed by atoms with Gasteiger partial charge < -0.3 is 10.5 Å². The van der Waals surface area contributed by atoms with E-state index in [-0.39, 0.29) is 6.04 Å². The minimum absolute atomic E-state index is 0.0585. The van der Waals surface area contributed by atoms with Gasteiger partial charge in [-0.25, -0.2) is 0 Å². The highest BCUT2D eigenvalue weighted by molar-refractivity contribution is 5.37. The van der Waals surface area contributed by atoms with E-state index in [0.717, 1.165) is 23.3 Å². The molecular weight excluding hydrogens is 236 g/mol. The molecule has 100 valence electrons. The van der Waals surface area contributed by atoms with Crippen molar-refractivity contribution < 1.29 is 4.74 Å². The Morgan fingerprint density at radius 1 is 1.32 bits per heavy atom. The molecule has 1 aromatic heterocycles. The van der Waals surface area contributed by atoms with Crippen LogP contribution in [-0.2, 0) is 6.42 Å².